The minimum atomic E-state index is -1.23. The Hall–Kier alpha value is -4.08. The van der Waals surface area contributed by atoms with E-state index in [2.05, 4.69) is 26.1 Å². The molecule has 1 aromatic heterocycles. The fourth-order valence-electron chi connectivity index (χ4n) is 3.73. The van der Waals surface area contributed by atoms with Crippen molar-refractivity contribution in [1.82, 2.24) is 20.8 Å². The molecule has 9 nitrogen and oxygen atoms in total. The number of nitrogens with one attached hydrogen (secondary N) is 3. The maximum absolute atomic E-state index is 14.6. The number of carbonyl (C=O) groups excluding carboxylic acids is 3. The van der Waals surface area contributed by atoms with Gasteiger partial charge in [-0.15, -0.1) is 0 Å². The van der Waals surface area contributed by atoms with Gasteiger partial charge in [0.25, 0.3) is 11.8 Å². The van der Waals surface area contributed by atoms with E-state index in [0.717, 1.165) is 5.56 Å². The standard InChI is InChI=1S/C21H16FN5O4/c1-21(19(29)25-20(30)26-21)12-4-2-3-11(7-12)17-24-18(31-27-17)13-8-10-5-6-16(28)23-15(10)9-14(13)22/h2-4,7-9H,5-6H2,1H3,(H,23,28)(H2,25,26,29,30). The van der Waals surface area contributed by atoms with E-state index in [9.17, 15) is 18.8 Å². The average molecular weight is 421 g/mol. The van der Waals surface area contributed by atoms with Crippen LogP contribution in [0.1, 0.15) is 24.5 Å². The monoisotopic (exact) mass is 421 g/mol. The van der Waals surface area contributed by atoms with E-state index in [1.165, 1.54) is 6.07 Å². The lowest BCUT2D eigenvalue weighted by atomic mass is 9.91. The van der Waals surface area contributed by atoms with Gasteiger partial charge in [0.15, 0.2) is 0 Å². The SMILES string of the molecule is CC1(c2cccc(-c3noc(-c4cc5c(cc4F)NC(=O)CC5)n3)c2)NC(=O)NC1=O. The van der Waals surface area contributed by atoms with E-state index in [4.69, 9.17) is 4.52 Å². The van der Waals surface area contributed by atoms with Crippen LogP contribution in [0.5, 0.6) is 0 Å². The van der Waals surface area contributed by atoms with Crippen LogP contribution in [0.3, 0.4) is 0 Å². The molecule has 5 rings (SSSR count). The lowest BCUT2D eigenvalue weighted by Crippen LogP contribution is -2.40. The Morgan fingerprint density at radius 3 is 2.71 bits per heavy atom. The molecular weight excluding hydrogens is 405 g/mol. The average Bonchev–Trinajstić information content (AvgIpc) is 3.32. The Morgan fingerprint density at radius 1 is 1.10 bits per heavy atom. The number of halogens is 1. The lowest BCUT2D eigenvalue weighted by Gasteiger charge is -2.21. The summed E-state index contributed by atoms with van der Waals surface area (Å²) >= 11 is 0. The van der Waals surface area contributed by atoms with Crippen molar-refractivity contribution in [2.24, 2.45) is 0 Å². The molecule has 3 heterocycles. The summed E-state index contributed by atoms with van der Waals surface area (Å²) in [5, 5.41) is 11.4. The van der Waals surface area contributed by atoms with Crippen LogP contribution in [0.15, 0.2) is 40.9 Å². The molecule has 3 N–H and O–H groups in total. The number of amides is 4. The second-order valence-corrected chi connectivity index (χ2v) is 7.57. The van der Waals surface area contributed by atoms with Crippen LogP contribution < -0.4 is 16.0 Å². The molecule has 3 aromatic rings. The van der Waals surface area contributed by atoms with Crippen molar-refractivity contribution in [1.29, 1.82) is 0 Å². The first-order chi connectivity index (χ1) is 14.8. The van der Waals surface area contributed by atoms with E-state index >= 15 is 0 Å². The van der Waals surface area contributed by atoms with Gasteiger partial charge in [-0.05, 0) is 42.7 Å². The fraction of sp³-hybridized carbons (Fsp3) is 0.190. The Morgan fingerprint density at radius 2 is 1.94 bits per heavy atom. The van der Waals surface area contributed by atoms with Crippen LogP contribution in [0.2, 0.25) is 0 Å². The van der Waals surface area contributed by atoms with Gasteiger partial charge in [0.1, 0.15) is 11.4 Å². The van der Waals surface area contributed by atoms with Crippen molar-refractivity contribution < 1.29 is 23.3 Å². The van der Waals surface area contributed by atoms with E-state index in [-0.39, 0.29) is 23.2 Å². The molecule has 156 valence electrons. The number of fused-ring (bicyclic) bond motifs is 1. The smallest absolute Gasteiger partial charge is 0.322 e. The highest BCUT2D eigenvalue weighted by Gasteiger charge is 2.43. The second-order valence-electron chi connectivity index (χ2n) is 7.57. The number of imide groups is 1. The van der Waals surface area contributed by atoms with Crippen molar-refractivity contribution in [3.8, 4) is 22.8 Å². The topological polar surface area (TPSA) is 126 Å². The molecule has 10 heteroatoms. The van der Waals surface area contributed by atoms with Crippen LogP contribution in [-0.4, -0.2) is 28.0 Å². The molecule has 0 bridgehead atoms. The summed E-state index contributed by atoms with van der Waals surface area (Å²) in [7, 11) is 0. The van der Waals surface area contributed by atoms with Gasteiger partial charge in [-0.3, -0.25) is 14.9 Å². The number of urea groups is 1. The number of rotatable bonds is 3. The number of benzene rings is 2. The molecule has 0 spiro atoms. The van der Waals surface area contributed by atoms with Gasteiger partial charge in [0.05, 0.1) is 5.56 Å². The highest BCUT2D eigenvalue weighted by molar-refractivity contribution is 6.07. The van der Waals surface area contributed by atoms with Gasteiger partial charge in [0, 0.05) is 17.7 Å². The van der Waals surface area contributed by atoms with Crippen LogP contribution in [0, 0.1) is 5.82 Å². The molecule has 2 aliphatic heterocycles. The van der Waals surface area contributed by atoms with Gasteiger partial charge >= 0.3 is 6.03 Å². The maximum atomic E-state index is 14.6. The summed E-state index contributed by atoms with van der Waals surface area (Å²) in [6, 6.07) is 9.05. The maximum Gasteiger partial charge on any atom is 0.322 e. The Balaban J connectivity index is 1.49. The minimum Gasteiger partial charge on any atom is -0.334 e. The summed E-state index contributed by atoms with van der Waals surface area (Å²) in [4.78, 5) is 39.6. The van der Waals surface area contributed by atoms with Crippen LogP contribution in [-0.2, 0) is 21.5 Å². The third-order valence-corrected chi connectivity index (χ3v) is 5.49. The number of hydrogen-bond acceptors (Lipinski definition) is 6. The quantitative estimate of drug-likeness (QED) is 0.558. The molecule has 2 aromatic carbocycles. The number of carbonyl (C=O) groups is 3. The van der Waals surface area contributed by atoms with Crippen LogP contribution in [0.4, 0.5) is 14.9 Å². The van der Waals surface area contributed by atoms with Gasteiger partial charge in [-0.2, -0.15) is 4.98 Å². The van der Waals surface area contributed by atoms with E-state index < -0.39 is 23.3 Å². The molecule has 1 unspecified atom stereocenters. The molecule has 1 fully saturated rings. The Kier molecular flexibility index (Phi) is 4.10. The Labute approximate surface area is 175 Å². The predicted octanol–water partition coefficient (Wildman–Crippen LogP) is 2.48. The normalized spacial score (nSPS) is 20.1. The fourth-order valence-corrected chi connectivity index (χ4v) is 3.73. The highest BCUT2D eigenvalue weighted by atomic mass is 19.1. The molecule has 1 atom stereocenters. The second kappa shape index (κ2) is 6.73. The van der Waals surface area contributed by atoms with Gasteiger partial charge < -0.3 is 15.2 Å². The lowest BCUT2D eigenvalue weighted by molar-refractivity contribution is -0.123. The van der Waals surface area contributed by atoms with Crippen molar-refractivity contribution in [2.75, 3.05) is 5.32 Å². The minimum absolute atomic E-state index is 0.00396. The molecule has 0 radical (unpaired) electrons. The number of nitrogens with zero attached hydrogens (tertiary/aromatic N) is 2. The zero-order chi connectivity index (χ0) is 21.8. The summed E-state index contributed by atoms with van der Waals surface area (Å²) < 4.78 is 19.9. The van der Waals surface area contributed by atoms with Crippen molar-refractivity contribution >= 4 is 23.5 Å². The van der Waals surface area contributed by atoms with Gasteiger partial charge in [0.2, 0.25) is 11.7 Å². The zero-order valence-electron chi connectivity index (χ0n) is 16.3. The van der Waals surface area contributed by atoms with E-state index in [0.29, 0.717) is 29.7 Å². The zero-order valence-corrected chi connectivity index (χ0v) is 16.3. The van der Waals surface area contributed by atoms with Crippen LogP contribution >= 0.6 is 0 Å². The third-order valence-electron chi connectivity index (χ3n) is 5.49. The molecule has 0 aliphatic carbocycles. The summed E-state index contributed by atoms with van der Waals surface area (Å²) in [6.07, 6.45) is 0.812. The first-order valence-corrected chi connectivity index (χ1v) is 9.54. The summed E-state index contributed by atoms with van der Waals surface area (Å²) in [5.74, 6) is -1.01. The molecule has 2 aliphatic rings. The largest absolute Gasteiger partial charge is 0.334 e. The Bertz CT molecular complexity index is 1270. The van der Waals surface area contributed by atoms with E-state index in [1.54, 1.807) is 37.3 Å². The van der Waals surface area contributed by atoms with Crippen molar-refractivity contribution in [3.05, 3.63) is 53.3 Å². The number of aryl methyl sites for hydroxylation is 1. The summed E-state index contributed by atoms with van der Waals surface area (Å²) in [5.41, 5.74) is 1.21. The van der Waals surface area contributed by atoms with Gasteiger partial charge in [-0.25, -0.2) is 9.18 Å². The molecule has 1 saturated heterocycles. The van der Waals surface area contributed by atoms with Crippen molar-refractivity contribution in [2.45, 2.75) is 25.3 Å². The number of anilines is 1. The van der Waals surface area contributed by atoms with Crippen LogP contribution in [0.25, 0.3) is 22.8 Å². The highest BCUT2D eigenvalue weighted by Crippen LogP contribution is 2.33. The molecular formula is C21H16FN5O4. The van der Waals surface area contributed by atoms with Gasteiger partial charge in [-0.1, -0.05) is 23.4 Å². The summed E-state index contributed by atoms with van der Waals surface area (Å²) in [6.45, 7) is 1.59. The number of hydrogen-bond donors (Lipinski definition) is 3. The first-order valence-electron chi connectivity index (χ1n) is 9.54. The van der Waals surface area contributed by atoms with E-state index in [1.807, 2.05) is 0 Å². The predicted molar refractivity (Wildman–Crippen MR) is 106 cm³/mol. The molecule has 0 saturated carbocycles. The van der Waals surface area contributed by atoms with Crippen molar-refractivity contribution in [3.63, 3.8) is 0 Å². The molecule has 31 heavy (non-hydrogen) atoms. The molecule has 4 amide bonds. The number of aromatic nitrogens is 2. The first kappa shape index (κ1) is 18.9. The third kappa shape index (κ3) is 3.12.